The van der Waals surface area contributed by atoms with E-state index in [2.05, 4.69) is 20.4 Å². The number of amides is 1. The lowest BCUT2D eigenvalue weighted by Crippen LogP contribution is -2.12. The lowest BCUT2D eigenvalue weighted by Gasteiger charge is -1.96. The Kier molecular flexibility index (Phi) is 1.94. The monoisotopic (exact) mass is 227 g/mol. The molecule has 3 rings (SSSR count). The Labute approximate surface area is 95.8 Å². The van der Waals surface area contributed by atoms with Gasteiger partial charge < -0.3 is 10.7 Å². The molecule has 0 unspecified atom stereocenters. The van der Waals surface area contributed by atoms with Gasteiger partial charge in [-0.1, -0.05) is 23.4 Å². The molecule has 0 bridgehead atoms. The van der Waals surface area contributed by atoms with Gasteiger partial charge in [0.15, 0.2) is 0 Å². The number of hydrogen-bond donors (Lipinski definition) is 3. The van der Waals surface area contributed by atoms with Crippen LogP contribution >= 0.6 is 0 Å². The minimum absolute atomic E-state index is 0.347. The first-order chi connectivity index (χ1) is 8.27. The third-order valence-electron chi connectivity index (χ3n) is 2.63. The highest BCUT2D eigenvalue weighted by Gasteiger charge is 2.18. The molecular weight excluding hydrogens is 218 g/mol. The minimum Gasteiger partial charge on any atom is -0.364 e. The summed E-state index contributed by atoms with van der Waals surface area (Å²) in [5.41, 5.74) is 7.83. The van der Waals surface area contributed by atoms with Crippen molar-refractivity contribution in [3.05, 3.63) is 36.2 Å². The average Bonchev–Trinajstić information content (AvgIpc) is 2.94. The molecule has 0 aliphatic rings. The highest BCUT2D eigenvalue weighted by atomic mass is 16.1. The summed E-state index contributed by atoms with van der Waals surface area (Å²) in [6.45, 7) is 0. The first kappa shape index (κ1) is 9.59. The molecule has 0 fully saturated rings. The van der Waals surface area contributed by atoms with Crippen LogP contribution in [0.1, 0.15) is 10.5 Å². The maximum atomic E-state index is 11.4. The molecule has 6 heteroatoms. The maximum Gasteiger partial charge on any atom is 0.265 e. The summed E-state index contributed by atoms with van der Waals surface area (Å²) in [7, 11) is 0. The van der Waals surface area contributed by atoms with Gasteiger partial charge in [-0.3, -0.25) is 9.89 Å². The van der Waals surface area contributed by atoms with E-state index in [1.807, 2.05) is 24.3 Å². The van der Waals surface area contributed by atoms with Crippen LogP contribution in [0.25, 0.3) is 22.2 Å². The lowest BCUT2D eigenvalue weighted by atomic mass is 10.1. The zero-order valence-corrected chi connectivity index (χ0v) is 8.77. The highest BCUT2D eigenvalue weighted by Crippen LogP contribution is 2.30. The molecule has 0 aliphatic carbocycles. The molecule has 0 saturated heterocycles. The fourth-order valence-electron chi connectivity index (χ4n) is 1.92. The molecule has 6 nitrogen and oxygen atoms in total. The Hall–Kier alpha value is -2.63. The molecule has 2 heterocycles. The second-order valence-corrected chi connectivity index (χ2v) is 3.64. The summed E-state index contributed by atoms with van der Waals surface area (Å²) >= 11 is 0. The Morgan fingerprint density at radius 3 is 2.82 bits per heavy atom. The number of nitrogens with zero attached hydrogens (tertiary/aromatic N) is 2. The van der Waals surface area contributed by atoms with Gasteiger partial charge in [0.1, 0.15) is 11.4 Å². The zero-order valence-electron chi connectivity index (χ0n) is 8.77. The Morgan fingerprint density at radius 1 is 1.29 bits per heavy atom. The first-order valence-corrected chi connectivity index (χ1v) is 5.04. The quantitative estimate of drug-likeness (QED) is 0.610. The van der Waals surface area contributed by atoms with E-state index in [0.29, 0.717) is 17.0 Å². The maximum absolute atomic E-state index is 11.4. The molecule has 2 aromatic heterocycles. The van der Waals surface area contributed by atoms with Crippen LogP contribution < -0.4 is 5.73 Å². The van der Waals surface area contributed by atoms with Crippen LogP contribution in [0, 0.1) is 0 Å². The number of nitrogens with two attached hydrogens (primary N) is 1. The summed E-state index contributed by atoms with van der Waals surface area (Å²) in [5.74, 6) is -0.515. The van der Waals surface area contributed by atoms with Crippen molar-refractivity contribution in [1.82, 2.24) is 20.4 Å². The van der Waals surface area contributed by atoms with E-state index in [0.717, 1.165) is 10.9 Å². The molecule has 84 valence electrons. The molecule has 0 spiro atoms. The van der Waals surface area contributed by atoms with Crippen LogP contribution in [0.2, 0.25) is 0 Å². The predicted octanol–water partition coefficient (Wildman–Crippen LogP) is 1.05. The molecule has 17 heavy (non-hydrogen) atoms. The van der Waals surface area contributed by atoms with Gasteiger partial charge in [-0.15, -0.1) is 5.10 Å². The molecule has 0 radical (unpaired) electrons. The minimum atomic E-state index is -0.515. The number of benzene rings is 1. The van der Waals surface area contributed by atoms with E-state index >= 15 is 0 Å². The summed E-state index contributed by atoms with van der Waals surface area (Å²) in [6.07, 6.45) is 1.63. The number of aromatic nitrogens is 4. The average molecular weight is 227 g/mol. The number of nitrogens with one attached hydrogen (secondary N) is 2. The fourth-order valence-corrected chi connectivity index (χ4v) is 1.92. The van der Waals surface area contributed by atoms with Crippen LogP contribution in [0.3, 0.4) is 0 Å². The first-order valence-electron chi connectivity index (χ1n) is 5.04. The predicted molar refractivity (Wildman–Crippen MR) is 62.2 cm³/mol. The van der Waals surface area contributed by atoms with Gasteiger partial charge in [-0.2, -0.15) is 0 Å². The van der Waals surface area contributed by atoms with Crippen LogP contribution in [0.4, 0.5) is 0 Å². The van der Waals surface area contributed by atoms with E-state index in [1.165, 1.54) is 0 Å². The molecule has 0 atom stereocenters. The summed E-state index contributed by atoms with van der Waals surface area (Å²) in [4.78, 5) is 14.4. The zero-order chi connectivity index (χ0) is 11.8. The second-order valence-electron chi connectivity index (χ2n) is 3.64. The van der Waals surface area contributed by atoms with Crippen molar-refractivity contribution in [2.45, 2.75) is 0 Å². The topological polar surface area (TPSA) is 100 Å². The Bertz CT molecular complexity index is 683. The van der Waals surface area contributed by atoms with Gasteiger partial charge in [0.2, 0.25) is 0 Å². The molecule has 0 aliphatic heterocycles. The smallest absolute Gasteiger partial charge is 0.265 e. The number of para-hydroxylation sites is 1. The summed E-state index contributed by atoms with van der Waals surface area (Å²) < 4.78 is 0. The van der Waals surface area contributed by atoms with E-state index in [9.17, 15) is 4.79 Å². The van der Waals surface area contributed by atoms with E-state index in [1.54, 1.807) is 6.20 Å². The molecule has 0 saturated carbocycles. The Morgan fingerprint density at radius 2 is 2.12 bits per heavy atom. The van der Waals surface area contributed by atoms with E-state index in [4.69, 9.17) is 5.73 Å². The molecule has 1 amide bonds. The molecular formula is C11H9N5O. The van der Waals surface area contributed by atoms with Crippen LogP contribution in [-0.4, -0.2) is 26.3 Å². The van der Waals surface area contributed by atoms with Crippen molar-refractivity contribution in [2.75, 3.05) is 0 Å². The summed E-state index contributed by atoms with van der Waals surface area (Å²) in [5, 5.41) is 11.1. The largest absolute Gasteiger partial charge is 0.364 e. The SMILES string of the molecule is NC(=O)c1[nH]c2ccccc2c1-c1c[nH]nn1. The molecule has 4 N–H and O–H groups in total. The number of hydrogen-bond acceptors (Lipinski definition) is 3. The lowest BCUT2D eigenvalue weighted by molar-refractivity contribution is 0.0997. The molecule has 1 aromatic carbocycles. The van der Waals surface area contributed by atoms with Gasteiger partial charge in [-0.25, -0.2) is 0 Å². The number of aromatic amines is 2. The number of fused-ring (bicyclic) bond motifs is 1. The van der Waals surface area contributed by atoms with Crippen molar-refractivity contribution >= 4 is 16.8 Å². The Balaban J connectivity index is 2.40. The third-order valence-corrected chi connectivity index (χ3v) is 2.63. The van der Waals surface area contributed by atoms with Gasteiger partial charge in [-0.05, 0) is 6.07 Å². The highest BCUT2D eigenvalue weighted by molar-refractivity contribution is 6.08. The number of H-pyrrole nitrogens is 2. The second kappa shape index (κ2) is 3.44. The third kappa shape index (κ3) is 1.38. The van der Waals surface area contributed by atoms with Gasteiger partial charge in [0, 0.05) is 16.5 Å². The van der Waals surface area contributed by atoms with Crippen molar-refractivity contribution < 1.29 is 4.79 Å². The van der Waals surface area contributed by atoms with Crippen LogP contribution in [-0.2, 0) is 0 Å². The standard InChI is InChI=1S/C11H9N5O/c12-11(17)10-9(8-5-13-16-15-8)6-3-1-2-4-7(6)14-10/h1-5,14H,(H2,12,17)(H,13,15,16). The number of primary amides is 1. The summed E-state index contributed by atoms with van der Waals surface area (Å²) in [6, 6.07) is 7.56. The number of rotatable bonds is 2. The normalized spacial score (nSPS) is 10.8. The number of carbonyl (C=O) groups excluding carboxylic acids is 1. The number of carbonyl (C=O) groups is 1. The molecule has 3 aromatic rings. The van der Waals surface area contributed by atoms with Crippen molar-refractivity contribution in [3.8, 4) is 11.3 Å². The van der Waals surface area contributed by atoms with Crippen molar-refractivity contribution in [2.24, 2.45) is 5.73 Å². The van der Waals surface area contributed by atoms with Gasteiger partial charge >= 0.3 is 0 Å². The fraction of sp³-hybridized carbons (Fsp3) is 0. The van der Waals surface area contributed by atoms with E-state index in [-0.39, 0.29) is 0 Å². The van der Waals surface area contributed by atoms with Crippen LogP contribution in [0.5, 0.6) is 0 Å². The van der Waals surface area contributed by atoms with Crippen molar-refractivity contribution in [3.63, 3.8) is 0 Å². The van der Waals surface area contributed by atoms with Gasteiger partial charge in [0.05, 0.1) is 6.20 Å². The van der Waals surface area contributed by atoms with Crippen LogP contribution in [0.15, 0.2) is 30.5 Å². The van der Waals surface area contributed by atoms with E-state index < -0.39 is 5.91 Å². The van der Waals surface area contributed by atoms with Gasteiger partial charge in [0.25, 0.3) is 5.91 Å². The van der Waals surface area contributed by atoms with Crippen molar-refractivity contribution in [1.29, 1.82) is 0 Å².